The van der Waals surface area contributed by atoms with E-state index < -0.39 is 11.7 Å². The highest BCUT2D eigenvalue weighted by molar-refractivity contribution is 7.17. The molecule has 1 saturated heterocycles. The number of nitrogens with zero attached hydrogens (tertiary/aromatic N) is 4. The molecule has 4 rings (SSSR count). The Morgan fingerprint density at radius 3 is 2.97 bits per heavy atom. The highest BCUT2D eigenvalue weighted by Crippen LogP contribution is 2.40. The molecule has 33 heavy (non-hydrogen) atoms. The van der Waals surface area contributed by atoms with Gasteiger partial charge in [0.15, 0.2) is 0 Å². The minimum atomic E-state index is -0.663. The zero-order valence-corrected chi connectivity index (χ0v) is 19.2. The van der Waals surface area contributed by atoms with Crippen LogP contribution in [0.2, 0.25) is 5.15 Å². The summed E-state index contributed by atoms with van der Waals surface area (Å²) >= 11 is 7.34. The van der Waals surface area contributed by atoms with Crippen LogP contribution in [0.25, 0.3) is 11.1 Å². The van der Waals surface area contributed by atoms with Crippen molar-refractivity contribution in [3.8, 4) is 22.1 Å². The third kappa shape index (κ3) is 5.19. The van der Waals surface area contributed by atoms with Crippen molar-refractivity contribution in [1.29, 1.82) is 0 Å². The van der Waals surface area contributed by atoms with E-state index in [2.05, 4.69) is 25.5 Å². The molecule has 174 valence electrons. The Morgan fingerprint density at radius 2 is 2.24 bits per heavy atom. The van der Waals surface area contributed by atoms with Gasteiger partial charge in [-0.15, -0.1) is 5.10 Å². The first kappa shape index (κ1) is 23.2. The van der Waals surface area contributed by atoms with Crippen LogP contribution in [0.1, 0.15) is 16.1 Å². The lowest BCUT2D eigenvalue weighted by molar-refractivity contribution is -0.101. The van der Waals surface area contributed by atoms with Gasteiger partial charge in [-0.05, 0) is 24.3 Å². The van der Waals surface area contributed by atoms with Gasteiger partial charge < -0.3 is 18.9 Å². The number of amides is 1. The molecule has 0 saturated carbocycles. The predicted molar refractivity (Wildman–Crippen MR) is 118 cm³/mol. The first-order valence-electron chi connectivity index (χ1n) is 9.79. The fraction of sp³-hybridized carbons (Fsp3) is 0.350. The molecule has 1 aliphatic heterocycles. The Labute approximate surface area is 197 Å². The number of hydrogen-bond acceptors (Lipinski definition) is 10. The van der Waals surface area contributed by atoms with E-state index in [0.717, 1.165) is 17.5 Å². The summed E-state index contributed by atoms with van der Waals surface area (Å²) in [5.41, 5.74) is 0.568. The third-order valence-electron chi connectivity index (χ3n) is 4.66. The maximum Gasteiger partial charge on any atom is 0.295 e. The van der Waals surface area contributed by atoms with E-state index in [4.69, 9.17) is 30.5 Å². The van der Waals surface area contributed by atoms with Gasteiger partial charge >= 0.3 is 0 Å². The molecule has 10 nitrogen and oxygen atoms in total. The van der Waals surface area contributed by atoms with Gasteiger partial charge in [0.25, 0.3) is 11.1 Å². The Hall–Kier alpha value is -2.93. The van der Waals surface area contributed by atoms with E-state index in [-0.39, 0.29) is 50.6 Å². The summed E-state index contributed by atoms with van der Waals surface area (Å²) in [6, 6.07) is 1.42. The first-order valence-corrected chi connectivity index (χ1v) is 11.0. The second kappa shape index (κ2) is 10.3. The van der Waals surface area contributed by atoms with Crippen LogP contribution in [0.4, 0.5) is 9.52 Å². The van der Waals surface area contributed by atoms with E-state index in [1.807, 2.05) is 0 Å². The van der Waals surface area contributed by atoms with Crippen molar-refractivity contribution in [2.75, 3.05) is 38.9 Å². The van der Waals surface area contributed by atoms with Crippen molar-refractivity contribution in [2.24, 2.45) is 0 Å². The quantitative estimate of drug-likeness (QED) is 0.493. The number of ether oxygens (including phenoxy) is 4. The van der Waals surface area contributed by atoms with Crippen molar-refractivity contribution in [2.45, 2.75) is 13.0 Å². The largest absolute Gasteiger partial charge is 0.494 e. The fourth-order valence-corrected chi connectivity index (χ4v) is 4.13. The molecular weight excluding hydrogens is 477 g/mol. The number of aryl methyl sites for hydroxylation is 1. The summed E-state index contributed by atoms with van der Waals surface area (Å²) in [4.78, 5) is 21.1. The van der Waals surface area contributed by atoms with E-state index >= 15 is 0 Å². The van der Waals surface area contributed by atoms with Gasteiger partial charge in [-0.2, -0.15) is 0 Å². The summed E-state index contributed by atoms with van der Waals surface area (Å²) in [7, 11) is 1.40. The molecule has 0 unspecified atom stereocenters. The number of methoxy groups -OCH3 is 1. The van der Waals surface area contributed by atoms with Gasteiger partial charge in [-0.1, -0.05) is 16.7 Å². The number of nitrogens with one attached hydrogen (secondary N) is 1. The molecule has 3 aromatic heterocycles. The minimum Gasteiger partial charge on any atom is -0.494 e. The minimum absolute atomic E-state index is 0.0744. The maximum absolute atomic E-state index is 14.6. The molecule has 1 atom stereocenters. The highest BCUT2D eigenvalue weighted by atomic mass is 35.5. The normalized spacial score (nSPS) is 15.8. The molecule has 1 N–H and O–H groups in total. The Bertz CT molecular complexity index is 1160. The lowest BCUT2D eigenvalue weighted by Crippen LogP contribution is -2.33. The lowest BCUT2D eigenvalue weighted by Gasteiger charge is -2.22. The molecule has 0 spiro atoms. The third-order valence-corrected chi connectivity index (χ3v) is 5.68. The smallest absolute Gasteiger partial charge is 0.295 e. The van der Waals surface area contributed by atoms with Gasteiger partial charge in [0, 0.05) is 17.3 Å². The van der Waals surface area contributed by atoms with Crippen LogP contribution >= 0.6 is 22.9 Å². The molecule has 0 aromatic carbocycles. The number of hydrogen-bond donors (Lipinski definition) is 1. The van der Waals surface area contributed by atoms with Crippen molar-refractivity contribution >= 4 is 34.0 Å². The molecule has 1 fully saturated rings. The first-order chi connectivity index (χ1) is 16.0. The zero-order valence-electron chi connectivity index (χ0n) is 17.6. The number of rotatable bonds is 7. The van der Waals surface area contributed by atoms with Crippen LogP contribution in [0.5, 0.6) is 10.9 Å². The summed E-state index contributed by atoms with van der Waals surface area (Å²) in [6.07, 6.45) is 2.23. The molecular formula is C20H19ClFN5O5S. The molecule has 1 amide bonds. The zero-order chi connectivity index (χ0) is 23.4. The summed E-state index contributed by atoms with van der Waals surface area (Å²) < 4.78 is 36.4. The molecule has 0 aliphatic carbocycles. The molecule has 13 heteroatoms. The van der Waals surface area contributed by atoms with Crippen LogP contribution in [-0.2, 0) is 9.47 Å². The second-order valence-electron chi connectivity index (χ2n) is 6.83. The van der Waals surface area contributed by atoms with Crippen molar-refractivity contribution in [1.82, 2.24) is 20.2 Å². The number of carbonyl (C=O) groups excluding carboxylic acids is 1. The number of anilines is 1. The molecule has 1 aliphatic rings. The fourth-order valence-electron chi connectivity index (χ4n) is 3.22. The number of halogens is 2. The van der Waals surface area contributed by atoms with Crippen LogP contribution in [0.15, 0.2) is 18.5 Å². The van der Waals surface area contributed by atoms with Crippen molar-refractivity contribution in [3.63, 3.8) is 0 Å². The van der Waals surface area contributed by atoms with E-state index in [1.54, 1.807) is 6.92 Å². The number of aromatic nitrogens is 4. The van der Waals surface area contributed by atoms with Crippen LogP contribution in [0, 0.1) is 12.7 Å². The average Bonchev–Trinajstić information content (AvgIpc) is 3.25. The maximum atomic E-state index is 14.6. The summed E-state index contributed by atoms with van der Waals surface area (Å²) in [5.74, 6) is -1.10. The average molecular weight is 496 g/mol. The van der Waals surface area contributed by atoms with Crippen LogP contribution in [0.3, 0.4) is 0 Å². The SMILES string of the molecule is COc1c(C)nc(Cl)c(C(=O)Nc2nnc(OC[C@H]3COCCO3)s2)c1-c1ccncc1F. The Balaban J connectivity index is 1.59. The van der Waals surface area contributed by atoms with Gasteiger partial charge in [0.05, 0.1) is 44.4 Å². The van der Waals surface area contributed by atoms with Crippen molar-refractivity contribution in [3.05, 3.63) is 40.7 Å². The molecule has 4 heterocycles. The topological polar surface area (TPSA) is 118 Å². The van der Waals surface area contributed by atoms with Gasteiger partial charge in [0.1, 0.15) is 29.4 Å². The van der Waals surface area contributed by atoms with Crippen molar-refractivity contribution < 1.29 is 28.1 Å². The van der Waals surface area contributed by atoms with E-state index in [9.17, 15) is 9.18 Å². The van der Waals surface area contributed by atoms with Gasteiger partial charge in [0.2, 0.25) is 5.13 Å². The van der Waals surface area contributed by atoms with E-state index in [0.29, 0.717) is 25.5 Å². The van der Waals surface area contributed by atoms with Gasteiger partial charge in [-0.25, -0.2) is 9.37 Å². The summed E-state index contributed by atoms with van der Waals surface area (Å²) in [5, 5.41) is 10.7. The molecule has 3 aromatic rings. The van der Waals surface area contributed by atoms with Gasteiger partial charge in [-0.3, -0.25) is 15.1 Å². The van der Waals surface area contributed by atoms with Crippen LogP contribution < -0.4 is 14.8 Å². The monoisotopic (exact) mass is 495 g/mol. The number of carbonyl (C=O) groups is 1. The molecule has 0 bridgehead atoms. The number of pyridine rings is 2. The standard InChI is InChI=1S/C20H19ClFN5O5S/c1-10-16(29-2)14(12-3-4-23-7-13(12)22)15(17(21)24-10)18(28)25-19-26-27-20(33-19)32-9-11-8-30-5-6-31-11/h3-4,7,11H,5-6,8-9H2,1-2H3,(H,25,26,28)/t11-/m1/s1. The summed E-state index contributed by atoms with van der Waals surface area (Å²) in [6.45, 7) is 3.36. The van der Waals surface area contributed by atoms with Crippen LogP contribution in [-0.4, -0.2) is 65.7 Å². The predicted octanol–water partition coefficient (Wildman–Crippen LogP) is 3.15. The Morgan fingerprint density at radius 1 is 1.39 bits per heavy atom. The lowest BCUT2D eigenvalue weighted by atomic mass is 9.99. The Kier molecular flexibility index (Phi) is 7.28. The second-order valence-corrected chi connectivity index (χ2v) is 8.13. The molecule has 0 radical (unpaired) electrons. The van der Waals surface area contributed by atoms with E-state index in [1.165, 1.54) is 19.4 Å². The highest BCUT2D eigenvalue weighted by Gasteiger charge is 2.27.